The van der Waals surface area contributed by atoms with Crippen LogP contribution >= 0.6 is 0 Å². The number of esters is 3. The largest absolute Gasteiger partial charge is 0.462 e. The van der Waals surface area contributed by atoms with Gasteiger partial charge in [-0.05, 0) is 116 Å². The van der Waals surface area contributed by atoms with E-state index in [0.29, 0.717) is 19.3 Å². The normalized spacial score (nSPS) is 12.5. The Hall–Kier alpha value is -3.15. The van der Waals surface area contributed by atoms with Crippen LogP contribution in [0.15, 0.2) is 72.9 Å². The van der Waals surface area contributed by atoms with Crippen LogP contribution in [0.3, 0.4) is 0 Å². The molecule has 0 aromatic heterocycles. The van der Waals surface area contributed by atoms with Crippen LogP contribution in [0, 0.1) is 0 Å². The summed E-state index contributed by atoms with van der Waals surface area (Å²) in [7, 11) is 0. The van der Waals surface area contributed by atoms with Gasteiger partial charge in [-0.25, -0.2) is 0 Å². The quantitative estimate of drug-likeness (QED) is 0.0261. The number of hydrogen-bond acceptors (Lipinski definition) is 6. The first kappa shape index (κ1) is 69.8. The second-order valence-electron chi connectivity index (χ2n) is 21.0. The lowest BCUT2D eigenvalue weighted by Crippen LogP contribution is -2.30. The van der Waals surface area contributed by atoms with E-state index in [9.17, 15) is 14.4 Å². The molecule has 0 heterocycles. The number of carbonyl (C=O) groups is 3. The van der Waals surface area contributed by atoms with Crippen molar-refractivity contribution in [2.75, 3.05) is 13.2 Å². The summed E-state index contributed by atoms with van der Waals surface area (Å²) in [6.45, 7) is 6.59. The number of hydrogen-bond donors (Lipinski definition) is 0. The Balaban J connectivity index is 4.26. The SMILES string of the molecule is CCCCC/C=C\CCCCCCCC(=O)OCC(COC(=O)CCCCCCCCCCCCCC/C=C\C/C=C\C/C=C\CCCCCCC)OC(=O)CCCCCCC/C=C\C/C=C\CCCCCC. The molecule has 73 heavy (non-hydrogen) atoms. The maximum atomic E-state index is 12.9. The molecule has 6 nitrogen and oxygen atoms in total. The van der Waals surface area contributed by atoms with Crippen LogP contribution in [0.4, 0.5) is 0 Å². The van der Waals surface area contributed by atoms with Gasteiger partial charge in [0.1, 0.15) is 13.2 Å². The molecule has 0 spiro atoms. The van der Waals surface area contributed by atoms with Gasteiger partial charge >= 0.3 is 17.9 Å². The minimum Gasteiger partial charge on any atom is -0.462 e. The molecule has 0 saturated heterocycles. The minimum atomic E-state index is -0.787. The van der Waals surface area contributed by atoms with Crippen LogP contribution in [-0.4, -0.2) is 37.2 Å². The van der Waals surface area contributed by atoms with E-state index in [1.807, 2.05) is 0 Å². The molecule has 0 aliphatic heterocycles. The Morgan fingerprint density at radius 2 is 0.493 bits per heavy atom. The van der Waals surface area contributed by atoms with Gasteiger partial charge in [0.05, 0.1) is 0 Å². The van der Waals surface area contributed by atoms with E-state index in [0.717, 1.165) is 103 Å². The molecule has 0 aliphatic carbocycles. The van der Waals surface area contributed by atoms with Gasteiger partial charge in [0.2, 0.25) is 0 Å². The number of ether oxygens (including phenoxy) is 3. The molecule has 0 aromatic rings. The zero-order valence-electron chi connectivity index (χ0n) is 48.4. The van der Waals surface area contributed by atoms with E-state index in [-0.39, 0.29) is 31.1 Å². The van der Waals surface area contributed by atoms with Gasteiger partial charge in [-0.2, -0.15) is 0 Å². The summed E-state index contributed by atoms with van der Waals surface area (Å²) in [5, 5.41) is 0. The number of unbranched alkanes of at least 4 members (excludes halogenated alkanes) is 34. The summed E-state index contributed by atoms with van der Waals surface area (Å²) >= 11 is 0. The lowest BCUT2D eigenvalue weighted by Gasteiger charge is -2.18. The molecule has 0 aromatic carbocycles. The molecule has 0 amide bonds. The van der Waals surface area contributed by atoms with E-state index in [2.05, 4.69) is 93.7 Å². The highest BCUT2D eigenvalue weighted by Crippen LogP contribution is 2.16. The van der Waals surface area contributed by atoms with Gasteiger partial charge in [-0.3, -0.25) is 14.4 Å². The predicted molar refractivity (Wildman–Crippen MR) is 316 cm³/mol. The fourth-order valence-corrected chi connectivity index (χ4v) is 8.89. The first-order valence-corrected chi connectivity index (χ1v) is 31.4. The van der Waals surface area contributed by atoms with Crippen LogP contribution in [0.25, 0.3) is 0 Å². The van der Waals surface area contributed by atoms with Gasteiger partial charge in [0.25, 0.3) is 0 Å². The number of allylic oxidation sites excluding steroid dienone is 12. The topological polar surface area (TPSA) is 78.9 Å². The summed E-state index contributed by atoms with van der Waals surface area (Å²) in [5.41, 5.74) is 0. The minimum absolute atomic E-state index is 0.0835. The monoisotopic (exact) mass is 1020 g/mol. The maximum Gasteiger partial charge on any atom is 0.306 e. The van der Waals surface area contributed by atoms with Crippen molar-refractivity contribution < 1.29 is 28.6 Å². The molecule has 0 rings (SSSR count). The number of rotatable bonds is 57. The van der Waals surface area contributed by atoms with Crippen molar-refractivity contribution >= 4 is 17.9 Å². The first-order valence-electron chi connectivity index (χ1n) is 31.4. The fourth-order valence-electron chi connectivity index (χ4n) is 8.89. The van der Waals surface area contributed by atoms with Crippen molar-refractivity contribution in [3.8, 4) is 0 Å². The molecule has 1 atom stereocenters. The van der Waals surface area contributed by atoms with E-state index in [1.54, 1.807) is 0 Å². The Morgan fingerprint density at radius 3 is 0.822 bits per heavy atom. The van der Waals surface area contributed by atoms with E-state index in [4.69, 9.17) is 14.2 Å². The maximum absolute atomic E-state index is 12.9. The molecule has 0 aliphatic rings. The summed E-state index contributed by atoms with van der Waals surface area (Å²) in [4.78, 5) is 38.2. The Labute approximate surface area is 453 Å². The standard InChI is InChI=1S/C67H118O6/c1-4-7-10-13-16-19-22-25-27-29-30-31-32-33-34-35-36-37-38-39-41-42-45-48-51-54-57-60-66(69)72-63-64(62-71-65(68)59-56-53-50-47-44-24-21-18-15-12-9-6-3)73-67(70)61-58-55-52-49-46-43-40-28-26-23-20-17-14-11-8-5-2/h18,20-23,25,28-30,32-33,40,64H,4-17,19,24,26-27,31,34-39,41-63H2,1-3H3/b21-18-,23-20-,25-22-,30-29-,33-32-,40-28-. The zero-order chi connectivity index (χ0) is 52.9. The van der Waals surface area contributed by atoms with Gasteiger partial charge < -0.3 is 14.2 Å². The molecule has 0 fully saturated rings. The average Bonchev–Trinajstić information content (AvgIpc) is 3.39. The first-order chi connectivity index (χ1) is 36.0. The molecule has 0 bridgehead atoms. The van der Waals surface area contributed by atoms with Crippen molar-refractivity contribution in [1.82, 2.24) is 0 Å². The van der Waals surface area contributed by atoms with Crippen LogP contribution < -0.4 is 0 Å². The molecule has 0 saturated carbocycles. The zero-order valence-corrected chi connectivity index (χ0v) is 48.4. The summed E-state index contributed by atoms with van der Waals surface area (Å²) in [6, 6.07) is 0. The lowest BCUT2D eigenvalue weighted by atomic mass is 10.0. The van der Waals surface area contributed by atoms with Gasteiger partial charge in [-0.1, -0.05) is 254 Å². The van der Waals surface area contributed by atoms with Gasteiger partial charge in [0.15, 0.2) is 6.10 Å². The highest BCUT2D eigenvalue weighted by Gasteiger charge is 2.19. The van der Waals surface area contributed by atoms with Crippen molar-refractivity contribution in [2.45, 2.75) is 322 Å². The summed E-state index contributed by atoms with van der Waals surface area (Å²) in [5.74, 6) is -0.898. The van der Waals surface area contributed by atoms with Crippen LogP contribution in [0.1, 0.15) is 316 Å². The Morgan fingerprint density at radius 1 is 0.274 bits per heavy atom. The van der Waals surface area contributed by atoms with E-state index in [1.165, 1.54) is 173 Å². The molecule has 6 heteroatoms. The van der Waals surface area contributed by atoms with Gasteiger partial charge in [-0.15, -0.1) is 0 Å². The molecule has 0 N–H and O–H groups in total. The summed E-state index contributed by atoms with van der Waals surface area (Å²) < 4.78 is 16.9. The second-order valence-corrected chi connectivity index (χ2v) is 21.0. The van der Waals surface area contributed by atoms with Crippen molar-refractivity contribution in [3.63, 3.8) is 0 Å². The van der Waals surface area contributed by atoms with Crippen LogP contribution in [-0.2, 0) is 28.6 Å². The van der Waals surface area contributed by atoms with Gasteiger partial charge in [0, 0.05) is 19.3 Å². The lowest BCUT2D eigenvalue weighted by molar-refractivity contribution is -0.167. The number of carbonyl (C=O) groups excluding carboxylic acids is 3. The van der Waals surface area contributed by atoms with Crippen molar-refractivity contribution in [3.05, 3.63) is 72.9 Å². The fraction of sp³-hybridized carbons (Fsp3) is 0.776. The Kier molecular flexibility index (Phi) is 58.7. The summed E-state index contributed by atoms with van der Waals surface area (Å²) in [6.07, 6.45) is 79.1. The van der Waals surface area contributed by atoms with Crippen LogP contribution in [0.5, 0.6) is 0 Å². The molecule has 1 unspecified atom stereocenters. The molecular weight excluding hydrogens is 901 g/mol. The molecule has 422 valence electrons. The van der Waals surface area contributed by atoms with E-state index >= 15 is 0 Å². The highest BCUT2D eigenvalue weighted by molar-refractivity contribution is 5.71. The van der Waals surface area contributed by atoms with E-state index < -0.39 is 6.10 Å². The Bertz CT molecular complexity index is 1360. The third-order valence-electron chi connectivity index (χ3n) is 13.7. The average molecular weight is 1020 g/mol. The molecule has 0 radical (unpaired) electrons. The van der Waals surface area contributed by atoms with Crippen LogP contribution in [0.2, 0.25) is 0 Å². The smallest absolute Gasteiger partial charge is 0.306 e. The third-order valence-corrected chi connectivity index (χ3v) is 13.7. The van der Waals surface area contributed by atoms with Crippen molar-refractivity contribution in [2.24, 2.45) is 0 Å². The third kappa shape index (κ3) is 59.6. The highest BCUT2D eigenvalue weighted by atomic mass is 16.6. The molecular formula is C67H118O6. The second kappa shape index (κ2) is 61.4. The predicted octanol–water partition coefficient (Wildman–Crippen LogP) is 21.3. The van der Waals surface area contributed by atoms with Crippen molar-refractivity contribution in [1.29, 1.82) is 0 Å².